The van der Waals surface area contributed by atoms with Gasteiger partial charge in [-0.15, -0.1) is 0 Å². The predicted octanol–water partition coefficient (Wildman–Crippen LogP) is 4.05. The maximum Gasteiger partial charge on any atom is 0.303 e. The molecule has 1 aromatic carbocycles. The second-order valence-corrected chi connectivity index (χ2v) is 7.11. The molecule has 0 atom stereocenters. The second-order valence-electron chi connectivity index (χ2n) is 5.86. The third-order valence-electron chi connectivity index (χ3n) is 4.10. The molecular formula is C16H20INO3. The van der Waals surface area contributed by atoms with Gasteiger partial charge >= 0.3 is 5.97 Å². The lowest BCUT2D eigenvalue weighted by molar-refractivity contribution is -0.140. The summed E-state index contributed by atoms with van der Waals surface area (Å²) in [6.07, 6.45) is 5.23. The highest BCUT2D eigenvalue weighted by Gasteiger charge is 2.36. The van der Waals surface area contributed by atoms with Gasteiger partial charge in [0, 0.05) is 15.7 Å². The lowest BCUT2D eigenvalue weighted by Crippen LogP contribution is -2.32. The van der Waals surface area contributed by atoms with Crippen LogP contribution in [0.4, 0.5) is 5.69 Å². The summed E-state index contributed by atoms with van der Waals surface area (Å²) in [4.78, 5) is 23.4. The molecule has 21 heavy (non-hydrogen) atoms. The highest BCUT2D eigenvalue weighted by Crippen LogP contribution is 2.42. The Balaban J connectivity index is 2.00. The Bertz CT molecular complexity index is 507. The minimum absolute atomic E-state index is 0.0839. The molecule has 0 bridgehead atoms. The quantitative estimate of drug-likeness (QED) is 0.732. The van der Waals surface area contributed by atoms with Gasteiger partial charge in [0.05, 0.1) is 6.42 Å². The van der Waals surface area contributed by atoms with Gasteiger partial charge in [0.2, 0.25) is 5.91 Å². The molecular weight excluding hydrogens is 381 g/mol. The molecule has 0 spiro atoms. The molecule has 2 rings (SSSR count). The van der Waals surface area contributed by atoms with Crippen molar-refractivity contribution in [1.82, 2.24) is 0 Å². The van der Waals surface area contributed by atoms with E-state index < -0.39 is 5.97 Å². The van der Waals surface area contributed by atoms with E-state index in [0.717, 1.165) is 41.4 Å². The van der Waals surface area contributed by atoms with Crippen molar-refractivity contribution in [3.8, 4) is 0 Å². The zero-order valence-electron chi connectivity index (χ0n) is 11.9. The molecule has 0 unspecified atom stereocenters. The summed E-state index contributed by atoms with van der Waals surface area (Å²) in [5.74, 6) is -0.890. The number of anilines is 1. The van der Waals surface area contributed by atoms with Gasteiger partial charge in [-0.25, -0.2) is 0 Å². The number of hydrogen-bond acceptors (Lipinski definition) is 2. The van der Waals surface area contributed by atoms with Crippen molar-refractivity contribution in [1.29, 1.82) is 0 Å². The summed E-state index contributed by atoms with van der Waals surface area (Å²) in [5, 5.41) is 12.0. The molecule has 4 nitrogen and oxygen atoms in total. The summed E-state index contributed by atoms with van der Waals surface area (Å²) in [7, 11) is 0. The monoisotopic (exact) mass is 401 g/mol. The van der Waals surface area contributed by atoms with Gasteiger partial charge in [0.15, 0.2) is 0 Å². The maximum atomic E-state index is 12.2. The van der Waals surface area contributed by atoms with E-state index in [-0.39, 0.29) is 17.7 Å². The van der Waals surface area contributed by atoms with Crippen LogP contribution in [0.25, 0.3) is 0 Å². The van der Waals surface area contributed by atoms with E-state index in [0.29, 0.717) is 6.42 Å². The van der Waals surface area contributed by atoms with Crippen LogP contribution in [0, 0.1) is 8.99 Å². The highest BCUT2D eigenvalue weighted by molar-refractivity contribution is 14.1. The fourth-order valence-corrected chi connectivity index (χ4v) is 3.48. The maximum absolute atomic E-state index is 12.2. The predicted molar refractivity (Wildman–Crippen MR) is 90.2 cm³/mol. The normalized spacial score (nSPS) is 17.2. The average Bonchev–Trinajstić information content (AvgIpc) is 2.41. The summed E-state index contributed by atoms with van der Waals surface area (Å²) < 4.78 is 1.11. The second kappa shape index (κ2) is 7.24. The Kier molecular flexibility index (Phi) is 5.61. The SMILES string of the molecule is O=C(O)CC1(CC(=O)Nc2ccc(I)cc2)CCCCC1. The van der Waals surface area contributed by atoms with Crippen LogP contribution in [0.5, 0.6) is 0 Å². The topological polar surface area (TPSA) is 66.4 Å². The van der Waals surface area contributed by atoms with Crippen LogP contribution >= 0.6 is 22.6 Å². The van der Waals surface area contributed by atoms with Gasteiger partial charge in [-0.05, 0) is 65.1 Å². The Hall–Kier alpha value is -1.11. The van der Waals surface area contributed by atoms with Crippen LogP contribution in [-0.4, -0.2) is 17.0 Å². The summed E-state index contributed by atoms with van der Waals surface area (Å²) in [6.45, 7) is 0. The Morgan fingerprint density at radius 3 is 2.29 bits per heavy atom. The molecule has 0 aromatic heterocycles. The van der Waals surface area contributed by atoms with Crippen molar-refractivity contribution < 1.29 is 14.7 Å². The summed E-state index contributed by atoms with van der Waals surface area (Å²) in [6, 6.07) is 7.60. The molecule has 0 aliphatic heterocycles. The van der Waals surface area contributed by atoms with E-state index in [1.54, 1.807) is 0 Å². The van der Waals surface area contributed by atoms with E-state index in [9.17, 15) is 9.59 Å². The fourth-order valence-electron chi connectivity index (χ4n) is 3.12. The Labute approximate surface area is 138 Å². The molecule has 2 N–H and O–H groups in total. The molecule has 1 aliphatic carbocycles. The van der Waals surface area contributed by atoms with Gasteiger partial charge in [-0.2, -0.15) is 0 Å². The van der Waals surface area contributed by atoms with Crippen LogP contribution in [0.2, 0.25) is 0 Å². The molecule has 1 amide bonds. The number of amides is 1. The minimum atomic E-state index is -0.807. The zero-order chi connectivity index (χ0) is 15.3. The standard InChI is InChI=1S/C16H20INO3/c17-12-4-6-13(7-5-12)18-14(19)10-16(11-15(20)21)8-2-1-3-9-16/h4-7H,1-3,8-11H2,(H,18,19)(H,20,21). The van der Waals surface area contributed by atoms with Crippen molar-refractivity contribution in [2.45, 2.75) is 44.9 Å². The van der Waals surface area contributed by atoms with Gasteiger partial charge in [-0.3, -0.25) is 9.59 Å². The number of rotatable bonds is 5. The van der Waals surface area contributed by atoms with Crippen LogP contribution < -0.4 is 5.32 Å². The van der Waals surface area contributed by atoms with Gasteiger partial charge in [0.1, 0.15) is 0 Å². The van der Waals surface area contributed by atoms with E-state index in [1.807, 2.05) is 24.3 Å². The largest absolute Gasteiger partial charge is 0.481 e. The minimum Gasteiger partial charge on any atom is -0.481 e. The first-order valence-electron chi connectivity index (χ1n) is 7.26. The summed E-state index contributed by atoms with van der Waals surface area (Å²) >= 11 is 2.21. The fraction of sp³-hybridized carbons (Fsp3) is 0.500. The zero-order valence-corrected chi connectivity index (χ0v) is 14.1. The number of nitrogens with one attached hydrogen (secondary N) is 1. The number of hydrogen-bond donors (Lipinski definition) is 2. The van der Waals surface area contributed by atoms with Crippen LogP contribution in [0.3, 0.4) is 0 Å². The molecule has 1 aliphatic rings. The number of aliphatic carboxylic acids is 1. The van der Waals surface area contributed by atoms with E-state index in [1.165, 1.54) is 0 Å². The number of carboxylic acid groups (broad SMARTS) is 1. The molecule has 114 valence electrons. The van der Waals surface area contributed by atoms with Gasteiger partial charge in [-0.1, -0.05) is 19.3 Å². The lowest BCUT2D eigenvalue weighted by Gasteiger charge is -2.35. The number of carbonyl (C=O) groups is 2. The van der Waals surface area contributed by atoms with Crippen molar-refractivity contribution in [2.24, 2.45) is 5.41 Å². The van der Waals surface area contributed by atoms with Crippen molar-refractivity contribution >= 4 is 40.2 Å². The number of halogens is 1. The lowest BCUT2D eigenvalue weighted by atomic mass is 9.69. The average molecular weight is 401 g/mol. The Morgan fingerprint density at radius 1 is 1.10 bits per heavy atom. The van der Waals surface area contributed by atoms with Crippen LogP contribution in [-0.2, 0) is 9.59 Å². The number of carboxylic acids is 1. The number of benzene rings is 1. The first-order valence-corrected chi connectivity index (χ1v) is 8.34. The molecule has 1 aromatic rings. The molecule has 1 saturated carbocycles. The number of carbonyl (C=O) groups excluding carboxylic acids is 1. The van der Waals surface area contributed by atoms with Crippen molar-refractivity contribution in [3.63, 3.8) is 0 Å². The van der Waals surface area contributed by atoms with Crippen LogP contribution in [0.1, 0.15) is 44.9 Å². The van der Waals surface area contributed by atoms with E-state index in [4.69, 9.17) is 5.11 Å². The molecule has 0 radical (unpaired) electrons. The molecule has 1 fully saturated rings. The smallest absolute Gasteiger partial charge is 0.303 e. The highest BCUT2D eigenvalue weighted by atomic mass is 127. The van der Waals surface area contributed by atoms with Crippen molar-refractivity contribution in [2.75, 3.05) is 5.32 Å². The van der Waals surface area contributed by atoms with Gasteiger partial charge < -0.3 is 10.4 Å². The third-order valence-corrected chi connectivity index (χ3v) is 4.82. The van der Waals surface area contributed by atoms with Gasteiger partial charge in [0.25, 0.3) is 0 Å². The Morgan fingerprint density at radius 2 is 1.71 bits per heavy atom. The molecule has 5 heteroatoms. The van der Waals surface area contributed by atoms with E-state index >= 15 is 0 Å². The third kappa shape index (κ3) is 4.98. The first kappa shape index (κ1) is 16.3. The molecule has 0 saturated heterocycles. The van der Waals surface area contributed by atoms with E-state index in [2.05, 4.69) is 27.9 Å². The van der Waals surface area contributed by atoms with Crippen molar-refractivity contribution in [3.05, 3.63) is 27.8 Å². The molecule has 0 heterocycles. The van der Waals surface area contributed by atoms with Crippen LogP contribution in [0.15, 0.2) is 24.3 Å². The first-order chi connectivity index (χ1) is 9.99. The summed E-state index contributed by atoms with van der Waals surface area (Å²) in [5.41, 5.74) is 0.402.